The molecule has 2 rings (SSSR count). The third-order valence-electron chi connectivity index (χ3n) is 2.16. The molecule has 7 nitrogen and oxygen atoms in total. The maximum atomic E-state index is 11.8. The first-order valence-electron chi connectivity index (χ1n) is 4.76. The molecule has 7 heteroatoms. The number of aromatic nitrogens is 2. The lowest BCUT2D eigenvalue weighted by Gasteiger charge is -2.07. The van der Waals surface area contributed by atoms with E-state index in [4.69, 9.17) is 11.5 Å². The molecule has 0 aliphatic rings. The Morgan fingerprint density at radius 2 is 2.00 bits per heavy atom. The molecule has 0 saturated carbocycles. The SMILES string of the molecule is Nc1cc(C(=O)Nc2ncc[nH]2)cc(N)c1O. The van der Waals surface area contributed by atoms with Gasteiger partial charge in [-0.25, -0.2) is 4.98 Å². The van der Waals surface area contributed by atoms with Crippen molar-refractivity contribution >= 4 is 23.2 Å². The first-order valence-corrected chi connectivity index (χ1v) is 4.76. The number of phenols is 1. The molecule has 1 amide bonds. The van der Waals surface area contributed by atoms with Gasteiger partial charge in [0.05, 0.1) is 11.4 Å². The number of carbonyl (C=O) groups is 1. The Labute approximate surface area is 96.5 Å². The van der Waals surface area contributed by atoms with Gasteiger partial charge >= 0.3 is 0 Å². The number of nitrogens with one attached hydrogen (secondary N) is 2. The monoisotopic (exact) mass is 233 g/mol. The minimum atomic E-state index is -0.418. The van der Waals surface area contributed by atoms with Gasteiger partial charge in [-0.3, -0.25) is 10.1 Å². The average Bonchev–Trinajstić information content (AvgIpc) is 2.77. The summed E-state index contributed by atoms with van der Waals surface area (Å²) in [5.41, 5.74) is 11.3. The highest BCUT2D eigenvalue weighted by Gasteiger charge is 2.12. The summed E-state index contributed by atoms with van der Waals surface area (Å²) in [6.45, 7) is 0. The van der Waals surface area contributed by atoms with Gasteiger partial charge in [-0.05, 0) is 12.1 Å². The van der Waals surface area contributed by atoms with Crippen LogP contribution < -0.4 is 16.8 Å². The number of amides is 1. The quantitative estimate of drug-likeness (QED) is 0.381. The zero-order valence-corrected chi connectivity index (χ0v) is 8.77. The molecule has 0 aliphatic heterocycles. The van der Waals surface area contributed by atoms with Crippen LogP contribution in [0.5, 0.6) is 5.75 Å². The van der Waals surface area contributed by atoms with E-state index in [0.717, 1.165) is 0 Å². The maximum Gasteiger partial charge on any atom is 0.258 e. The van der Waals surface area contributed by atoms with Crippen molar-refractivity contribution in [2.75, 3.05) is 16.8 Å². The lowest BCUT2D eigenvalue weighted by molar-refractivity contribution is 0.102. The van der Waals surface area contributed by atoms with Crippen molar-refractivity contribution in [3.63, 3.8) is 0 Å². The molecule has 2 aromatic rings. The fourth-order valence-electron chi connectivity index (χ4n) is 1.32. The van der Waals surface area contributed by atoms with Crippen molar-refractivity contribution in [1.82, 2.24) is 9.97 Å². The van der Waals surface area contributed by atoms with E-state index < -0.39 is 5.91 Å². The highest BCUT2D eigenvalue weighted by atomic mass is 16.3. The van der Waals surface area contributed by atoms with Gasteiger partial charge in [0.1, 0.15) is 0 Å². The summed E-state index contributed by atoms with van der Waals surface area (Å²) in [5.74, 6) is -0.321. The number of aromatic amines is 1. The zero-order chi connectivity index (χ0) is 12.4. The van der Waals surface area contributed by atoms with Crippen LogP contribution in [0.15, 0.2) is 24.5 Å². The number of anilines is 3. The molecule has 0 atom stereocenters. The highest BCUT2D eigenvalue weighted by molar-refractivity contribution is 6.05. The number of H-pyrrole nitrogens is 1. The second kappa shape index (κ2) is 4.05. The van der Waals surface area contributed by atoms with E-state index in [0.29, 0.717) is 5.95 Å². The van der Waals surface area contributed by atoms with Crippen LogP contribution in [0.1, 0.15) is 10.4 Å². The second-order valence-electron chi connectivity index (χ2n) is 3.40. The van der Waals surface area contributed by atoms with Crippen molar-refractivity contribution in [2.24, 2.45) is 0 Å². The Hall–Kier alpha value is -2.70. The summed E-state index contributed by atoms with van der Waals surface area (Å²) in [6, 6.07) is 2.67. The Balaban J connectivity index is 2.26. The van der Waals surface area contributed by atoms with E-state index in [2.05, 4.69) is 15.3 Å². The van der Waals surface area contributed by atoms with Gasteiger partial charge in [0.2, 0.25) is 5.95 Å². The first kappa shape index (κ1) is 10.8. The largest absolute Gasteiger partial charge is 0.504 e. The number of benzene rings is 1. The number of hydrogen-bond acceptors (Lipinski definition) is 5. The van der Waals surface area contributed by atoms with Crippen molar-refractivity contribution in [3.8, 4) is 5.75 Å². The van der Waals surface area contributed by atoms with Crippen molar-refractivity contribution in [1.29, 1.82) is 0 Å². The minimum Gasteiger partial charge on any atom is -0.504 e. The van der Waals surface area contributed by atoms with Crippen LogP contribution in [-0.4, -0.2) is 21.0 Å². The van der Waals surface area contributed by atoms with E-state index >= 15 is 0 Å². The molecule has 0 spiro atoms. The van der Waals surface area contributed by atoms with Gasteiger partial charge in [0.25, 0.3) is 5.91 Å². The van der Waals surface area contributed by atoms with Gasteiger partial charge in [0, 0.05) is 18.0 Å². The molecule has 88 valence electrons. The fourth-order valence-corrected chi connectivity index (χ4v) is 1.32. The van der Waals surface area contributed by atoms with Crippen molar-refractivity contribution in [2.45, 2.75) is 0 Å². The number of imidazole rings is 1. The topological polar surface area (TPSA) is 130 Å². The second-order valence-corrected chi connectivity index (χ2v) is 3.40. The maximum absolute atomic E-state index is 11.8. The Morgan fingerprint density at radius 1 is 1.35 bits per heavy atom. The molecule has 0 saturated heterocycles. The zero-order valence-electron chi connectivity index (χ0n) is 8.77. The van der Waals surface area contributed by atoms with E-state index in [9.17, 15) is 9.90 Å². The summed E-state index contributed by atoms with van der Waals surface area (Å²) in [7, 11) is 0. The number of nitrogen functional groups attached to an aromatic ring is 2. The molecule has 0 radical (unpaired) electrons. The van der Waals surface area contributed by atoms with Crippen LogP contribution in [0.3, 0.4) is 0 Å². The lowest BCUT2D eigenvalue weighted by atomic mass is 10.1. The molecule has 17 heavy (non-hydrogen) atoms. The normalized spacial score (nSPS) is 10.1. The molecule has 0 unspecified atom stereocenters. The molecular formula is C10H11N5O2. The van der Waals surface area contributed by atoms with Gasteiger partial charge in [-0.15, -0.1) is 0 Å². The summed E-state index contributed by atoms with van der Waals surface area (Å²) >= 11 is 0. The van der Waals surface area contributed by atoms with Crippen molar-refractivity contribution in [3.05, 3.63) is 30.1 Å². The molecule has 7 N–H and O–H groups in total. The lowest BCUT2D eigenvalue weighted by Crippen LogP contribution is -2.13. The predicted molar refractivity (Wildman–Crippen MR) is 63.5 cm³/mol. The van der Waals surface area contributed by atoms with E-state index in [-0.39, 0.29) is 22.7 Å². The third-order valence-corrected chi connectivity index (χ3v) is 2.16. The molecule has 0 bridgehead atoms. The van der Waals surface area contributed by atoms with Gasteiger partial charge in [0.15, 0.2) is 5.75 Å². The smallest absolute Gasteiger partial charge is 0.258 e. The van der Waals surface area contributed by atoms with Gasteiger partial charge < -0.3 is 21.6 Å². The first-order chi connectivity index (χ1) is 8.08. The molecule has 0 aliphatic carbocycles. The van der Waals surface area contributed by atoms with Crippen LogP contribution in [0, 0.1) is 0 Å². The Kier molecular flexibility index (Phi) is 2.57. The standard InChI is InChI=1S/C10H11N5O2/c11-6-3-5(4-7(12)8(6)16)9(17)15-10-13-1-2-14-10/h1-4,16H,11-12H2,(H2,13,14,15,17). The van der Waals surface area contributed by atoms with Crippen molar-refractivity contribution < 1.29 is 9.90 Å². The van der Waals surface area contributed by atoms with Gasteiger partial charge in [-0.1, -0.05) is 0 Å². The van der Waals surface area contributed by atoms with Gasteiger partial charge in [-0.2, -0.15) is 0 Å². The molecular weight excluding hydrogens is 222 g/mol. The number of hydrogen-bond donors (Lipinski definition) is 5. The summed E-state index contributed by atoms with van der Waals surface area (Å²) < 4.78 is 0. The fraction of sp³-hybridized carbons (Fsp3) is 0. The molecule has 1 aromatic heterocycles. The average molecular weight is 233 g/mol. The number of carbonyl (C=O) groups excluding carboxylic acids is 1. The Bertz CT molecular complexity index is 527. The number of nitrogens with two attached hydrogens (primary N) is 2. The number of aromatic hydroxyl groups is 1. The van der Waals surface area contributed by atoms with Crippen LogP contribution in [0.4, 0.5) is 17.3 Å². The molecule has 1 heterocycles. The van der Waals surface area contributed by atoms with Crippen LogP contribution in [0.2, 0.25) is 0 Å². The van der Waals surface area contributed by atoms with E-state index in [1.807, 2.05) is 0 Å². The van der Waals surface area contributed by atoms with Crippen LogP contribution in [-0.2, 0) is 0 Å². The third kappa shape index (κ3) is 2.12. The molecule has 1 aromatic carbocycles. The minimum absolute atomic E-state index is 0.0506. The van der Waals surface area contributed by atoms with E-state index in [1.165, 1.54) is 18.3 Å². The molecule has 0 fully saturated rings. The van der Waals surface area contributed by atoms with Crippen LogP contribution in [0.25, 0.3) is 0 Å². The highest BCUT2D eigenvalue weighted by Crippen LogP contribution is 2.28. The number of nitrogens with zero attached hydrogens (tertiary/aromatic N) is 1. The van der Waals surface area contributed by atoms with Crippen LogP contribution >= 0.6 is 0 Å². The number of phenolic OH excluding ortho intramolecular Hbond substituents is 1. The summed E-state index contributed by atoms with van der Waals surface area (Å²) in [6.07, 6.45) is 3.09. The Morgan fingerprint density at radius 3 is 2.53 bits per heavy atom. The van der Waals surface area contributed by atoms with E-state index in [1.54, 1.807) is 6.20 Å². The predicted octanol–water partition coefficient (Wildman–Crippen LogP) is 0.532. The number of rotatable bonds is 2. The summed E-state index contributed by atoms with van der Waals surface area (Å²) in [4.78, 5) is 18.3. The summed E-state index contributed by atoms with van der Waals surface area (Å²) in [5, 5.41) is 11.9.